The second-order valence-electron chi connectivity index (χ2n) is 9.13. The number of nitrogens with zero attached hydrogens (tertiary/aromatic N) is 6. The molecule has 9 nitrogen and oxygen atoms in total. The number of carbonyl (C=O) groups excluding carboxylic acids is 1. The molecule has 3 aromatic heterocycles. The number of likely N-dealkylation sites (tertiary alicyclic amines) is 1. The zero-order valence-electron chi connectivity index (χ0n) is 18.9. The normalized spacial score (nSPS) is 25.2. The van der Waals surface area contributed by atoms with Gasteiger partial charge in [-0.2, -0.15) is 18.3 Å². The number of amides is 2. The lowest BCUT2D eigenvalue weighted by molar-refractivity contribution is -0.155. The van der Waals surface area contributed by atoms with Gasteiger partial charge < -0.3 is 9.64 Å². The molecule has 4 atom stereocenters. The van der Waals surface area contributed by atoms with E-state index in [2.05, 4.69) is 32.3 Å². The maximum absolute atomic E-state index is 13.7. The SMILES string of the molecule is CO[C@@H](C)C12CC(C[C@H](C)C1)N2C(=O)Nc1cc(-c2cn3ncnc3cn2)c(C(F)(F)F)cn1. The first kappa shape index (κ1) is 22.5. The second-order valence-corrected chi connectivity index (χ2v) is 9.13. The number of pyridine rings is 1. The molecule has 2 aliphatic rings. The molecule has 2 fully saturated rings. The largest absolute Gasteiger partial charge is 0.418 e. The Labute approximate surface area is 193 Å². The molecule has 5 rings (SSSR count). The van der Waals surface area contributed by atoms with Crippen LogP contribution in [-0.4, -0.2) is 60.3 Å². The Morgan fingerprint density at radius 2 is 2.06 bits per heavy atom. The summed E-state index contributed by atoms with van der Waals surface area (Å²) in [5.74, 6) is 0.459. The number of carbonyl (C=O) groups is 1. The summed E-state index contributed by atoms with van der Waals surface area (Å²) in [6.45, 7) is 4.09. The average Bonchev–Trinajstić information content (AvgIpc) is 3.25. The maximum atomic E-state index is 13.7. The van der Waals surface area contributed by atoms with Crippen molar-refractivity contribution in [3.05, 3.63) is 36.5 Å². The van der Waals surface area contributed by atoms with Gasteiger partial charge >= 0.3 is 12.2 Å². The zero-order valence-corrected chi connectivity index (χ0v) is 18.9. The van der Waals surface area contributed by atoms with E-state index >= 15 is 0 Å². The van der Waals surface area contributed by atoms with Crippen LogP contribution < -0.4 is 5.32 Å². The second kappa shape index (κ2) is 7.90. The van der Waals surface area contributed by atoms with Crippen molar-refractivity contribution in [3.8, 4) is 11.3 Å². The number of hydrogen-bond acceptors (Lipinski definition) is 6. The summed E-state index contributed by atoms with van der Waals surface area (Å²) in [7, 11) is 1.62. The Kier molecular flexibility index (Phi) is 5.23. The lowest BCUT2D eigenvalue weighted by Crippen LogP contribution is -2.76. The Morgan fingerprint density at radius 1 is 1.26 bits per heavy atom. The molecule has 180 valence electrons. The molecule has 3 aromatic rings. The molecule has 1 aliphatic heterocycles. The van der Waals surface area contributed by atoms with Gasteiger partial charge in [0.05, 0.1) is 35.3 Å². The minimum absolute atomic E-state index is 0.00623. The third kappa shape index (κ3) is 3.56. The first-order chi connectivity index (χ1) is 16.1. The standard InChI is InChI=1S/C22H24F3N7O2/c1-12-4-14-7-21(6-12,13(2)34-3)32(14)20(33)30-18-5-15(16(8-27-18)22(23,24)25)17-10-31-19(9-26-17)28-11-29-31/h5,8-14H,4,6-7H2,1-3H3,(H,27,30,33)/t12-,13-,14?,21?/m0/s1. The number of rotatable bonds is 4. The molecule has 4 heterocycles. The quantitative estimate of drug-likeness (QED) is 0.612. The fourth-order valence-electron chi connectivity index (χ4n) is 5.48. The highest BCUT2D eigenvalue weighted by atomic mass is 19.4. The number of alkyl halides is 3. The minimum atomic E-state index is -4.66. The Balaban J connectivity index is 1.48. The number of fused-ring (bicyclic) bond motifs is 3. The Morgan fingerprint density at radius 3 is 2.79 bits per heavy atom. The van der Waals surface area contributed by atoms with Gasteiger partial charge in [-0.3, -0.25) is 10.3 Å². The number of piperidine rings is 1. The highest BCUT2D eigenvalue weighted by Crippen LogP contribution is 2.52. The lowest BCUT2D eigenvalue weighted by atomic mass is 9.62. The van der Waals surface area contributed by atoms with Crippen molar-refractivity contribution >= 4 is 17.5 Å². The van der Waals surface area contributed by atoms with Gasteiger partial charge in [-0.25, -0.2) is 19.3 Å². The van der Waals surface area contributed by atoms with Crippen LogP contribution in [0.2, 0.25) is 0 Å². The molecule has 0 radical (unpaired) electrons. The van der Waals surface area contributed by atoms with E-state index in [-0.39, 0.29) is 29.2 Å². The molecule has 0 spiro atoms. The first-order valence-electron chi connectivity index (χ1n) is 11.0. The highest BCUT2D eigenvalue weighted by molar-refractivity contribution is 5.91. The van der Waals surface area contributed by atoms with E-state index < -0.39 is 23.3 Å². The minimum Gasteiger partial charge on any atom is -0.379 e. The number of aromatic nitrogens is 5. The van der Waals surface area contributed by atoms with Crippen LogP contribution in [-0.2, 0) is 10.9 Å². The van der Waals surface area contributed by atoms with Gasteiger partial charge in [0.2, 0.25) is 0 Å². The van der Waals surface area contributed by atoms with Crippen LogP contribution in [0.1, 0.15) is 38.7 Å². The predicted molar refractivity (Wildman–Crippen MR) is 116 cm³/mol. The molecule has 1 aliphatic carbocycles. The van der Waals surface area contributed by atoms with Crippen molar-refractivity contribution < 1.29 is 22.7 Å². The van der Waals surface area contributed by atoms with Gasteiger partial charge in [-0.05, 0) is 38.2 Å². The fraction of sp³-hybridized carbons (Fsp3) is 0.500. The van der Waals surface area contributed by atoms with Crippen molar-refractivity contribution in [1.82, 2.24) is 29.5 Å². The third-order valence-electron chi connectivity index (χ3n) is 7.02. The zero-order chi connectivity index (χ0) is 24.3. The summed E-state index contributed by atoms with van der Waals surface area (Å²) in [5, 5.41) is 6.66. The molecule has 2 bridgehead atoms. The van der Waals surface area contributed by atoms with Gasteiger partial charge in [0, 0.05) is 24.9 Å². The summed E-state index contributed by atoms with van der Waals surface area (Å²) < 4.78 is 48.1. The molecule has 1 saturated heterocycles. The Hall–Kier alpha value is -3.28. The molecule has 34 heavy (non-hydrogen) atoms. The summed E-state index contributed by atoms with van der Waals surface area (Å²) in [6.07, 6.45) is 2.37. The summed E-state index contributed by atoms with van der Waals surface area (Å²) >= 11 is 0. The van der Waals surface area contributed by atoms with Crippen LogP contribution in [0, 0.1) is 5.92 Å². The average molecular weight is 475 g/mol. The number of nitrogens with one attached hydrogen (secondary N) is 1. The van der Waals surface area contributed by atoms with Gasteiger partial charge in [0.1, 0.15) is 12.1 Å². The van der Waals surface area contributed by atoms with Crippen LogP contribution in [0.4, 0.5) is 23.8 Å². The number of methoxy groups -OCH3 is 1. The van der Waals surface area contributed by atoms with E-state index in [9.17, 15) is 18.0 Å². The summed E-state index contributed by atoms with van der Waals surface area (Å²) in [4.78, 5) is 27.0. The van der Waals surface area contributed by atoms with Gasteiger partial charge in [0.25, 0.3) is 0 Å². The van der Waals surface area contributed by atoms with Crippen LogP contribution in [0.15, 0.2) is 31.0 Å². The molecular weight excluding hydrogens is 451 g/mol. The van der Waals surface area contributed by atoms with Crippen molar-refractivity contribution in [2.45, 2.75) is 57.0 Å². The molecule has 0 aromatic carbocycles. The van der Waals surface area contributed by atoms with Gasteiger partial charge in [0.15, 0.2) is 5.65 Å². The van der Waals surface area contributed by atoms with Crippen LogP contribution in [0.25, 0.3) is 16.9 Å². The molecule has 1 N–H and O–H groups in total. The van der Waals surface area contributed by atoms with Crippen molar-refractivity contribution in [2.24, 2.45) is 5.92 Å². The van der Waals surface area contributed by atoms with E-state index in [1.165, 1.54) is 29.3 Å². The summed E-state index contributed by atoms with van der Waals surface area (Å²) in [5.41, 5.74) is -1.18. The van der Waals surface area contributed by atoms with Crippen molar-refractivity contribution in [2.75, 3.05) is 12.4 Å². The van der Waals surface area contributed by atoms with E-state index in [4.69, 9.17) is 4.74 Å². The lowest BCUT2D eigenvalue weighted by Gasteiger charge is -2.65. The number of urea groups is 1. The highest BCUT2D eigenvalue weighted by Gasteiger charge is 2.61. The molecule has 12 heteroatoms. The van der Waals surface area contributed by atoms with E-state index in [1.807, 2.05) is 6.92 Å². The number of halogens is 3. The smallest absolute Gasteiger partial charge is 0.379 e. The number of anilines is 1. The predicted octanol–water partition coefficient (Wildman–Crippen LogP) is 4.01. The van der Waals surface area contributed by atoms with Crippen molar-refractivity contribution in [3.63, 3.8) is 0 Å². The number of hydrogen-bond donors (Lipinski definition) is 1. The fourth-order valence-corrected chi connectivity index (χ4v) is 5.48. The third-order valence-corrected chi connectivity index (χ3v) is 7.02. The maximum Gasteiger partial charge on any atom is 0.418 e. The molecule has 1 saturated carbocycles. The Bertz CT molecular complexity index is 1250. The van der Waals surface area contributed by atoms with Crippen LogP contribution in [0.5, 0.6) is 0 Å². The van der Waals surface area contributed by atoms with E-state index in [0.717, 1.165) is 19.3 Å². The van der Waals surface area contributed by atoms with Crippen LogP contribution in [0.3, 0.4) is 0 Å². The number of ether oxygens (including phenoxy) is 1. The summed E-state index contributed by atoms with van der Waals surface area (Å²) in [6, 6.07) is 0.854. The molecular formula is C22H24F3N7O2. The van der Waals surface area contributed by atoms with E-state index in [0.29, 0.717) is 17.8 Å². The van der Waals surface area contributed by atoms with Gasteiger partial charge in [-0.15, -0.1) is 0 Å². The van der Waals surface area contributed by atoms with Gasteiger partial charge in [-0.1, -0.05) is 6.92 Å². The first-order valence-corrected chi connectivity index (χ1v) is 11.0. The topological polar surface area (TPSA) is 97.5 Å². The monoisotopic (exact) mass is 475 g/mol. The molecule has 2 unspecified atom stereocenters. The molecule has 2 amide bonds. The van der Waals surface area contributed by atoms with Crippen LogP contribution >= 0.6 is 0 Å². The van der Waals surface area contributed by atoms with Crippen molar-refractivity contribution in [1.29, 1.82) is 0 Å². The van der Waals surface area contributed by atoms with E-state index in [1.54, 1.807) is 12.0 Å².